The highest BCUT2D eigenvalue weighted by molar-refractivity contribution is 6.03. The van der Waals surface area contributed by atoms with Crippen molar-refractivity contribution in [2.24, 2.45) is 5.92 Å². The van der Waals surface area contributed by atoms with Gasteiger partial charge in [-0.15, -0.1) is 0 Å². The van der Waals surface area contributed by atoms with Gasteiger partial charge in [-0.05, 0) is 42.5 Å². The molecule has 2 amide bonds. The Bertz CT molecular complexity index is 1320. The third-order valence-electron chi connectivity index (χ3n) is 5.71. The third kappa shape index (κ3) is 4.38. The van der Waals surface area contributed by atoms with Gasteiger partial charge < -0.3 is 19.5 Å². The van der Waals surface area contributed by atoms with Gasteiger partial charge in [-0.25, -0.2) is 0 Å². The van der Waals surface area contributed by atoms with E-state index in [2.05, 4.69) is 15.5 Å². The van der Waals surface area contributed by atoms with Crippen LogP contribution in [0.3, 0.4) is 0 Å². The number of amides is 2. The van der Waals surface area contributed by atoms with Crippen LogP contribution in [-0.2, 0) is 9.59 Å². The Morgan fingerprint density at radius 1 is 1.03 bits per heavy atom. The molecule has 1 saturated heterocycles. The molecule has 170 valence electrons. The lowest BCUT2D eigenvalue weighted by molar-refractivity contribution is -0.122. The second-order valence-electron chi connectivity index (χ2n) is 7.96. The fraction of sp³-hybridized carbons (Fsp3) is 0.154. The minimum absolute atomic E-state index is 0.0848. The van der Waals surface area contributed by atoms with Crippen LogP contribution in [0.5, 0.6) is 5.75 Å². The van der Waals surface area contributed by atoms with Gasteiger partial charge in [-0.3, -0.25) is 9.59 Å². The summed E-state index contributed by atoms with van der Waals surface area (Å²) < 4.78 is 10.6. The van der Waals surface area contributed by atoms with Gasteiger partial charge in [0.25, 0.3) is 5.89 Å². The van der Waals surface area contributed by atoms with E-state index < -0.39 is 5.92 Å². The molecular weight excluding hydrogens is 432 g/mol. The van der Waals surface area contributed by atoms with E-state index in [4.69, 9.17) is 9.26 Å². The standard InChI is InChI=1S/C26H22N4O4/c1-33-22-12-10-21(11-13-22)30-16-19(15-23(30)31)25(32)27-20-9-5-8-18(14-20)26-28-24(29-34-26)17-6-3-2-4-7-17/h2-14,19H,15-16H2,1H3,(H,27,32). The number of aromatic nitrogens is 2. The first-order valence-corrected chi connectivity index (χ1v) is 10.9. The summed E-state index contributed by atoms with van der Waals surface area (Å²) in [5, 5.41) is 6.96. The number of anilines is 2. The van der Waals surface area contributed by atoms with Crippen molar-refractivity contribution < 1.29 is 18.8 Å². The van der Waals surface area contributed by atoms with Gasteiger partial charge in [-0.2, -0.15) is 4.98 Å². The van der Waals surface area contributed by atoms with Crippen molar-refractivity contribution in [1.82, 2.24) is 10.1 Å². The van der Waals surface area contributed by atoms with Gasteiger partial charge in [0.1, 0.15) is 5.75 Å². The SMILES string of the molecule is COc1ccc(N2CC(C(=O)Nc3cccc(-c4nc(-c5ccccc5)no4)c3)CC2=O)cc1. The lowest BCUT2D eigenvalue weighted by Gasteiger charge is -2.17. The molecule has 0 bridgehead atoms. The van der Waals surface area contributed by atoms with Crippen LogP contribution in [0.25, 0.3) is 22.8 Å². The molecule has 1 fully saturated rings. The number of nitrogens with one attached hydrogen (secondary N) is 1. The topological polar surface area (TPSA) is 97.6 Å². The molecule has 1 aliphatic heterocycles. The van der Waals surface area contributed by atoms with Crippen molar-refractivity contribution in [3.8, 4) is 28.6 Å². The van der Waals surface area contributed by atoms with Crippen molar-refractivity contribution >= 4 is 23.2 Å². The summed E-state index contributed by atoms with van der Waals surface area (Å²) in [6, 6.07) is 24.0. The first-order valence-electron chi connectivity index (χ1n) is 10.9. The maximum absolute atomic E-state index is 12.9. The highest BCUT2D eigenvalue weighted by Crippen LogP contribution is 2.29. The Morgan fingerprint density at radius 3 is 2.56 bits per heavy atom. The summed E-state index contributed by atoms with van der Waals surface area (Å²) in [4.78, 5) is 31.5. The molecule has 8 heteroatoms. The molecule has 2 heterocycles. The van der Waals surface area contributed by atoms with Gasteiger partial charge in [0.05, 0.1) is 13.0 Å². The lowest BCUT2D eigenvalue weighted by Crippen LogP contribution is -2.28. The largest absolute Gasteiger partial charge is 0.497 e. The molecule has 34 heavy (non-hydrogen) atoms. The van der Waals surface area contributed by atoms with Crippen LogP contribution in [0.1, 0.15) is 6.42 Å². The first-order chi connectivity index (χ1) is 16.6. The fourth-order valence-corrected chi connectivity index (χ4v) is 3.91. The number of hydrogen-bond donors (Lipinski definition) is 1. The zero-order valence-corrected chi connectivity index (χ0v) is 18.5. The number of ether oxygens (including phenoxy) is 1. The highest BCUT2D eigenvalue weighted by Gasteiger charge is 2.35. The van der Waals surface area contributed by atoms with Crippen molar-refractivity contribution in [2.75, 3.05) is 23.9 Å². The second-order valence-corrected chi connectivity index (χ2v) is 7.96. The van der Waals surface area contributed by atoms with Crippen molar-refractivity contribution in [3.05, 3.63) is 78.9 Å². The molecule has 0 saturated carbocycles. The molecule has 5 rings (SSSR count). The maximum Gasteiger partial charge on any atom is 0.258 e. The Balaban J connectivity index is 1.27. The summed E-state index contributed by atoms with van der Waals surface area (Å²) in [7, 11) is 1.59. The average molecular weight is 454 g/mol. The van der Waals surface area contributed by atoms with Crippen molar-refractivity contribution in [2.45, 2.75) is 6.42 Å². The van der Waals surface area contributed by atoms with Gasteiger partial charge in [-0.1, -0.05) is 41.6 Å². The maximum atomic E-state index is 12.9. The number of hydrogen-bond acceptors (Lipinski definition) is 6. The van der Waals surface area contributed by atoms with E-state index in [1.165, 1.54) is 0 Å². The zero-order valence-electron chi connectivity index (χ0n) is 18.5. The molecule has 1 N–H and O–H groups in total. The minimum atomic E-state index is -0.452. The monoisotopic (exact) mass is 454 g/mol. The molecule has 0 radical (unpaired) electrons. The van der Waals surface area contributed by atoms with Gasteiger partial charge >= 0.3 is 0 Å². The van der Waals surface area contributed by atoms with Crippen molar-refractivity contribution in [1.29, 1.82) is 0 Å². The van der Waals surface area contributed by atoms with Gasteiger partial charge in [0, 0.05) is 35.5 Å². The number of nitrogens with zero attached hydrogens (tertiary/aromatic N) is 3. The molecule has 8 nitrogen and oxygen atoms in total. The molecule has 4 aromatic rings. The van der Waals surface area contributed by atoms with Gasteiger partial charge in [0.15, 0.2) is 0 Å². The van der Waals surface area contributed by atoms with Crippen LogP contribution in [0, 0.1) is 5.92 Å². The summed E-state index contributed by atoms with van der Waals surface area (Å²) >= 11 is 0. The van der Waals surface area contributed by atoms with E-state index in [0.29, 0.717) is 35.3 Å². The Hall–Kier alpha value is -4.46. The van der Waals surface area contributed by atoms with E-state index in [0.717, 1.165) is 11.3 Å². The predicted octanol–water partition coefficient (Wildman–Crippen LogP) is 4.40. The van der Waals surface area contributed by atoms with E-state index in [1.807, 2.05) is 48.5 Å². The molecule has 1 aromatic heterocycles. The van der Waals surface area contributed by atoms with Crippen LogP contribution < -0.4 is 15.0 Å². The number of carbonyl (C=O) groups excluding carboxylic acids is 2. The molecular formula is C26H22N4O4. The molecule has 1 unspecified atom stereocenters. The normalized spacial score (nSPS) is 15.4. The van der Waals surface area contributed by atoms with Crippen LogP contribution in [0.15, 0.2) is 83.4 Å². The third-order valence-corrected chi connectivity index (χ3v) is 5.71. The van der Waals surface area contributed by atoms with Crippen LogP contribution in [-0.4, -0.2) is 35.6 Å². The van der Waals surface area contributed by atoms with Crippen LogP contribution in [0.4, 0.5) is 11.4 Å². The van der Waals surface area contributed by atoms with Crippen LogP contribution >= 0.6 is 0 Å². The van der Waals surface area contributed by atoms with E-state index in [1.54, 1.807) is 42.3 Å². The molecule has 3 aromatic carbocycles. The zero-order chi connectivity index (χ0) is 23.5. The van der Waals surface area contributed by atoms with E-state index in [-0.39, 0.29) is 18.2 Å². The quantitative estimate of drug-likeness (QED) is 0.464. The molecule has 0 spiro atoms. The molecule has 1 atom stereocenters. The number of benzene rings is 3. The fourth-order valence-electron chi connectivity index (χ4n) is 3.91. The Kier molecular flexibility index (Phi) is 5.78. The highest BCUT2D eigenvalue weighted by atomic mass is 16.5. The molecule has 0 aliphatic carbocycles. The van der Waals surface area contributed by atoms with Crippen LogP contribution in [0.2, 0.25) is 0 Å². The summed E-state index contributed by atoms with van der Waals surface area (Å²) in [5.41, 5.74) is 2.88. The van der Waals surface area contributed by atoms with Crippen molar-refractivity contribution in [3.63, 3.8) is 0 Å². The smallest absolute Gasteiger partial charge is 0.258 e. The van der Waals surface area contributed by atoms with E-state index in [9.17, 15) is 9.59 Å². The lowest BCUT2D eigenvalue weighted by atomic mass is 10.1. The molecule has 1 aliphatic rings. The van der Waals surface area contributed by atoms with Gasteiger partial charge in [0.2, 0.25) is 17.6 Å². The predicted molar refractivity (Wildman–Crippen MR) is 127 cm³/mol. The number of carbonyl (C=O) groups is 2. The average Bonchev–Trinajstić information content (AvgIpc) is 3.52. The summed E-state index contributed by atoms with van der Waals surface area (Å²) in [5.74, 6) is 0.813. The number of methoxy groups -OCH3 is 1. The van der Waals surface area contributed by atoms with E-state index >= 15 is 0 Å². The number of rotatable bonds is 6. The Labute approximate surface area is 196 Å². The second kappa shape index (κ2) is 9.19. The Morgan fingerprint density at radius 2 is 1.79 bits per heavy atom. The summed E-state index contributed by atoms with van der Waals surface area (Å²) in [6.07, 6.45) is 0.154. The first kappa shape index (κ1) is 21.4. The minimum Gasteiger partial charge on any atom is -0.497 e. The summed E-state index contributed by atoms with van der Waals surface area (Å²) in [6.45, 7) is 0.320.